The number of fused-ring (bicyclic) bond motifs is 1. The molecule has 1 fully saturated rings. The fraction of sp³-hybridized carbons (Fsp3) is 0.632. The number of rotatable bonds is 3. The standard InChI is InChI=1S/C19H26O/c20-19(17-7-4-2-1-3-5-8-17)14-15-11-12-16-9-6-10-18(16)13-15/h11-13,17H,1-10,14H2. The summed E-state index contributed by atoms with van der Waals surface area (Å²) in [6.07, 6.45) is 13.2. The molecule has 108 valence electrons. The molecule has 0 bridgehead atoms. The first-order valence-electron chi connectivity index (χ1n) is 8.46. The summed E-state index contributed by atoms with van der Waals surface area (Å²) in [6.45, 7) is 0. The van der Waals surface area contributed by atoms with Crippen LogP contribution in [0.1, 0.15) is 68.1 Å². The third kappa shape index (κ3) is 3.31. The zero-order valence-electron chi connectivity index (χ0n) is 12.5. The van der Waals surface area contributed by atoms with Gasteiger partial charge in [-0.05, 0) is 48.8 Å². The summed E-state index contributed by atoms with van der Waals surface area (Å²) in [4.78, 5) is 12.5. The molecule has 0 aromatic heterocycles. The lowest BCUT2D eigenvalue weighted by Crippen LogP contribution is -2.18. The molecule has 1 aromatic rings. The highest BCUT2D eigenvalue weighted by molar-refractivity contribution is 5.83. The molecule has 1 nitrogen and oxygen atoms in total. The van der Waals surface area contributed by atoms with Crippen LogP contribution in [0.2, 0.25) is 0 Å². The quantitative estimate of drug-likeness (QED) is 0.781. The number of ketones is 1. The molecule has 0 atom stereocenters. The van der Waals surface area contributed by atoms with Gasteiger partial charge in [-0.25, -0.2) is 0 Å². The van der Waals surface area contributed by atoms with Crippen molar-refractivity contribution in [2.45, 2.75) is 70.6 Å². The van der Waals surface area contributed by atoms with Gasteiger partial charge in [0.15, 0.2) is 0 Å². The molecule has 0 amide bonds. The third-order valence-electron chi connectivity index (χ3n) is 5.10. The van der Waals surface area contributed by atoms with Crippen molar-refractivity contribution >= 4 is 5.78 Å². The Hall–Kier alpha value is -1.11. The molecule has 3 rings (SSSR count). The van der Waals surface area contributed by atoms with E-state index in [4.69, 9.17) is 0 Å². The Labute approximate surface area is 122 Å². The minimum absolute atomic E-state index is 0.337. The molecule has 1 aromatic carbocycles. The molecule has 1 heteroatoms. The fourth-order valence-electron chi connectivity index (χ4n) is 3.86. The van der Waals surface area contributed by atoms with E-state index >= 15 is 0 Å². The summed E-state index contributed by atoms with van der Waals surface area (Å²) >= 11 is 0. The normalized spacial score (nSPS) is 20.2. The average molecular weight is 270 g/mol. The van der Waals surface area contributed by atoms with Crippen molar-refractivity contribution in [2.24, 2.45) is 5.92 Å². The van der Waals surface area contributed by atoms with Gasteiger partial charge in [-0.15, -0.1) is 0 Å². The van der Waals surface area contributed by atoms with Gasteiger partial charge in [0, 0.05) is 12.3 Å². The molecule has 0 radical (unpaired) electrons. The molecule has 20 heavy (non-hydrogen) atoms. The summed E-state index contributed by atoms with van der Waals surface area (Å²) in [6, 6.07) is 6.73. The van der Waals surface area contributed by atoms with Crippen molar-refractivity contribution < 1.29 is 4.79 Å². The van der Waals surface area contributed by atoms with Gasteiger partial charge < -0.3 is 0 Å². The summed E-state index contributed by atoms with van der Waals surface area (Å²) < 4.78 is 0. The summed E-state index contributed by atoms with van der Waals surface area (Å²) in [5, 5.41) is 0. The molecule has 0 aliphatic heterocycles. The second-order valence-electron chi connectivity index (χ2n) is 6.64. The molecule has 0 heterocycles. The van der Waals surface area contributed by atoms with E-state index in [1.807, 2.05) is 0 Å². The number of aryl methyl sites for hydroxylation is 2. The maximum Gasteiger partial charge on any atom is 0.140 e. The first-order chi connectivity index (χ1) is 9.83. The lowest BCUT2D eigenvalue weighted by molar-refractivity contribution is -0.122. The van der Waals surface area contributed by atoms with Crippen molar-refractivity contribution in [3.05, 3.63) is 34.9 Å². The average Bonchev–Trinajstić information content (AvgIpc) is 2.85. The Kier molecular flexibility index (Phi) is 4.54. The molecule has 2 aliphatic carbocycles. The van der Waals surface area contributed by atoms with Crippen LogP contribution in [0.4, 0.5) is 0 Å². The molecular formula is C19H26O. The lowest BCUT2D eigenvalue weighted by atomic mass is 9.86. The second kappa shape index (κ2) is 6.56. The summed E-state index contributed by atoms with van der Waals surface area (Å²) in [7, 11) is 0. The van der Waals surface area contributed by atoms with Crippen LogP contribution in [0.25, 0.3) is 0 Å². The van der Waals surface area contributed by atoms with Crippen LogP contribution in [0.3, 0.4) is 0 Å². The van der Waals surface area contributed by atoms with Crippen molar-refractivity contribution in [3.8, 4) is 0 Å². The van der Waals surface area contributed by atoms with Crippen molar-refractivity contribution in [1.29, 1.82) is 0 Å². The van der Waals surface area contributed by atoms with Crippen molar-refractivity contribution in [1.82, 2.24) is 0 Å². The van der Waals surface area contributed by atoms with Crippen molar-refractivity contribution in [3.63, 3.8) is 0 Å². The number of hydrogen-bond donors (Lipinski definition) is 0. The summed E-state index contributed by atoms with van der Waals surface area (Å²) in [5.74, 6) is 0.827. The van der Waals surface area contributed by atoms with Gasteiger partial charge in [0.1, 0.15) is 5.78 Å². The minimum Gasteiger partial charge on any atom is -0.299 e. The molecular weight excluding hydrogens is 244 g/mol. The predicted molar refractivity (Wildman–Crippen MR) is 83.0 cm³/mol. The van der Waals surface area contributed by atoms with Crippen LogP contribution >= 0.6 is 0 Å². The second-order valence-corrected chi connectivity index (χ2v) is 6.64. The maximum absolute atomic E-state index is 12.5. The van der Waals surface area contributed by atoms with E-state index in [1.54, 1.807) is 0 Å². The van der Waals surface area contributed by atoms with E-state index in [0.717, 1.165) is 12.8 Å². The molecule has 1 saturated carbocycles. The van der Waals surface area contributed by atoms with Gasteiger partial charge in [0.2, 0.25) is 0 Å². The lowest BCUT2D eigenvalue weighted by Gasteiger charge is -2.18. The molecule has 0 unspecified atom stereocenters. The smallest absolute Gasteiger partial charge is 0.140 e. The zero-order valence-corrected chi connectivity index (χ0v) is 12.5. The molecule has 2 aliphatic rings. The van der Waals surface area contributed by atoms with Gasteiger partial charge in [-0.2, -0.15) is 0 Å². The van der Waals surface area contributed by atoms with Crippen LogP contribution in [0.5, 0.6) is 0 Å². The number of benzene rings is 1. The van der Waals surface area contributed by atoms with Gasteiger partial charge in [-0.1, -0.05) is 50.3 Å². The minimum atomic E-state index is 0.337. The largest absolute Gasteiger partial charge is 0.299 e. The Morgan fingerprint density at radius 3 is 2.40 bits per heavy atom. The SMILES string of the molecule is O=C(Cc1ccc2c(c1)CCC2)C1CCCCCCC1. The van der Waals surface area contributed by atoms with E-state index in [0.29, 0.717) is 18.1 Å². The first-order valence-corrected chi connectivity index (χ1v) is 8.46. The van der Waals surface area contributed by atoms with Crippen LogP contribution < -0.4 is 0 Å². The zero-order chi connectivity index (χ0) is 13.8. The Morgan fingerprint density at radius 2 is 1.60 bits per heavy atom. The molecule has 0 spiro atoms. The Balaban J connectivity index is 1.62. The topological polar surface area (TPSA) is 17.1 Å². The van der Waals surface area contributed by atoms with E-state index in [2.05, 4.69) is 18.2 Å². The van der Waals surface area contributed by atoms with E-state index in [1.165, 1.54) is 68.1 Å². The van der Waals surface area contributed by atoms with Crippen LogP contribution in [0, 0.1) is 5.92 Å². The van der Waals surface area contributed by atoms with E-state index in [9.17, 15) is 4.79 Å². The fourth-order valence-corrected chi connectivity index (χ4v) is 3.86. The molecule has 0 N–H and O–H groups in total. The van der Waals surface area contributed by atoms with Crippen LogP contribution in [-0.4, -0.2) is 5.78 Å². The maximum atomic E-state index is 12.5. The number of Topliss-reactive ketones (excluding diaryl/α,β-unsaturated/α-hetero) is 1. The highest BCUT2D eigenvalue weighted by Crippen LogP contribution is 2.26. The van der Waals surface area contributed by atoms with Crippen molar-refractivity contribution in [2.75, 3.05) is 0 Å². The highest BCUT2D eigenvalue weighted by atomic mass is 16.1. The first kappa shape index (κ1) is 13.9. The Morgan fingerprint density at radius 1 is 0.900 bits per heavy atom. The van der Waals surface area contributed by atoms with Crippen LogP contribution in [-0.2, 0) is 24.1 Å². The van der Waals surface area contributed by atoms with E-state index in [-0.39, 0.29) is 0 Å². The van der Waals surface area contributed by atoms with Gasteiger partial charge in [0.25, 0.3) is 0 Å². The third-order valence-corrected chi connectivity index (χ3v) is 5.10. The number of carbonyl (C=O) groups is 1. The van der Waals surface area contributed by atoms with Gasteiger partial charge in [-0.3, -0.25) is 4.79 Å². The highest BCUT2D eigenvalue weighted by Gasteiger charge is 2.20. The monoisotopic (exact) mass is 270 g/mol. The Bertz CT molecular complexity index is 467. The van der Waals surface area contributed by atoms with E-state index < -0.39 is 0 Å². The number of carbonyl (C=O) groups excluding carboxylic acids is 1. The number of hydrogen-bond acceptors (Lipinski definition) is 1. The van der Waals surface area contributed by atoms with Crippen LogP contribution in [0.15, 0.2) is 18.2 Å². The predicted octanol–water partition coefficient (Wildman–Crippen LogP) is 4.65. The van der Waals surface area contributed by atoms with Gasteiger partial charge in [0.05, 0.1) is 0 Å². The summed E-state index contributed by atoms with van der Waals surface area (Å²) in [5.41, 5.74) is 4.25. The molecule has 0 saturated heterocycles. The van der Waals surface area contributed by atoms with Gasteiger partial charge >= 0.3 is 0 Å².